The van der Waals surface area contributed by atoms with E-state index in [9.17, 15) is 9.18 Å². The van der Waals surface area contributed by atoms with Gasteiger partial charge in [-0.25, -0.2) is 4.39 Å². The summed E-state index contributed by atoms with van der Waals surface area (Å²) in [6.45, 7) is 7.36. The molecular weight excluding hydrogens is 380 g/mol. The number of carbonyl (C=O) groups is 1. The van der Waals surface area contributed by atoms with Gasteiger partial charge in [-0.2, -0.15) is 0 Å². The van der Waals surface area contributed by atoms with Crippen LogP contribution in [0.25, 0.3) is 0 Å². The maximum absolute atomic E-state index is 14.4. The van der Waals surface area contributed by atoms with Crippen LogP contribution in [0.1, 0.15) is 25.5 Å². The second-order valence-electron chi connectivity index (χ2n) is 7.14. The molecule has 1 unspecified atom stereocenters. The monoisotopic (exact) mass is 409 g/mol. The number of nitrogens with zero attached hydrogens (tertiary/aromatic N) is 2. The fourth-order valence-electron chi connectivity index (χ4n) is 3.01. The number of amides is 1. The van der Waals surface area contributed by atoms with Crippen molar-refractivity contribution in [3.05, 3.63) is 35.6 Å². The molecule has 1 heterocycles. The summed E-state index contributed by atoms with van der Waals surface area (Å²) >= 11 is 0. The van der Waals surface area contributed by atoms with Crippen LogP contribution in [0.3, 0.4) is 0 Å². The minimum atomic E-state index is -0.631. The Hall–Kier alpha value is -0.920. The Bertz CT molecular complexity index is 569. The molecule has 26 heavy (non-hydrogen) atoms. The number of likely N-dealkylation sites (N-methyl/N-ethyl adjacent to an activating group) is 1. The van der Waals surface area contributed by atoms with Gasteiger partial charge in [-0.15, -0.1) is 24.8 Å². The van der Waals surface area contributed by atoms with Gasteiger partial charge in [-0.05, 0) is 18.0 Å². The Labute approximate surface area is 167 Å². The number of morpholine rings is 1. The number of halogens is 3. The molecule has 0 spiro atoms. The smallest absolute Gasteiger partial charge is 0.244 e. The molecule has 2 N–H and O–H groups in total. The van der Waals surface area contributed by atoms with Gasteiger partial charge in [0, 0.05) is 32.2 Å². The van der Waals surface area contributed by atoms with Gasteiger partial charge in [0.05, 0.1) is 13.2 Å². The molecule has 0 aliphatic carbocycles. The largest absolute Gasteiger partial charge is 0.379 e. The number of hydrogen-bond acceptors (Lipinski definition) is 4. The highest BCUT2D eigenvalue weighted by Crippen LogP contribution is 2.27. The summed E-state index contributed by atoms with van der Waals surface area (Å²) in [5, 5.41) is 0. The molecular formula is C18H30Cl2FN3O2. The van der Waals surface area contributed by atoms with E-state index in [1.54, 1.807) is 30.1 Å². The zero-order chi connectivity index (χ0) is 17.7. The number of nitrogens with two attached hydrogens (primary N) is 1. The Morgan fingerprint density at radius 3 is 2.42 bits per heavy atom. The van der Waals surface area contributed by atoms with Crippen LogP contribution in [0.4, 0.5) is 4.39 Å². The number of carbonyl (C=O) groups excluding carboxylic acids is 1. The highest BCUT2D eigenvalue weighted by molar-refractivity contribution is 5.85. The molecule has 150 valence electrons. The van der Waals surface area contributed by atoms with Crippen molar-refractivity contribution in [1.82, 2.24) is 9.80 Å². The fourth-order valence-corrected chi connectivity index (χ4v) is 3.01. The van der Waals surface area contributed by atoms with Crippen LogP contribution in [-0.4, -0.2) is 62.1 Å². The van der Waals surface area contributed by atoms with Crippen molar-refractivity contribution >= 4 is 30.7 Å². The van der Waals surface area contributed by atoms with E-state index in [1.807, 2.05) is 18.7 Å². The standard InChI is InChI=1S/C18H28FN3O2.2ClH/c1-18(2,12-20)13-21(3)17(23)16(22-8-10-24-11-9-22)14-6-4-5-7-15(14)19;;/h4-7,16H,8-13,20H2,1-3H3;2*1H. The van der Waals surface area contributed by atoms with Crippen molar-refractivity contribution in [2.24, 2.45) is 11.1 Å². The third kappa shape index (κ3) is 6.35. The van der Waals surface area contributed by atoms with Crippen molar-refractivity contribution in [2.45, 2.75) is 19.9 Å². The van der Waals surface area contributed by atoms with Crippen LogP contribution in [0.5, 0.6) is 0 Å². The van der Waals surface area contributed by atoms with Crippen molar-refractivity contribution in [3.63, 3.8) is 0 Å². The molecule has 5 nitrogen and oxygen atoms in total. The zero-order valence-corrected chi connectivity index (χ0v) is 17.2. The first-order valence-corrected chi connectivity index (χ1v) is 8.37. The van der Waals surface area contributed by atoms with E-state index >= 15 is 0 Å². The molecule has 0 saturated carbocycles. The maximum Gasteiger partial charge on any atom is 0.244 e. The Balaban J connectivity index is 0.00000312. The van der Waals surface area contributed by atoms with Crippen molar-refractivity contribution in [3.8, 4) is 0 Å². The predicted molar refractivity (Wildman–Crippen MR) is 107 cm³/mol. The third-order valence-electron chi connectivity index (χ3n) is 4.44. The zero-order valence-electron chi connectivity index (χ0n) is 15.6. The summed E-state index contributed by atoms with van der Waals surface area (Å²) in [5.74, 6) is -0.461. The minimum Gasteiger partial charge on any atom is -0.379 e. The second kappa shape index (κ2) is 11.0. The van der Waals surface area contributed by atoms with Gasteiger partial charge >= 0.3 is 0 Å². The predicted octanol–water partition coefficient (Wildman–Crippen LogP) is 2.49. The molecule has 1 atom stereocenters. The molecule has 0 bridgehead atoms. The van der Waals surface area contributed by atoms with Crippen molar-refractivity contribution in [1.29, 1.82) is 0 Å². The maximum atomic E-state index is 14.4. The normalized spacial score (nSPS) is 16.2. The van der Waals surface area contributed by atoms with Crippen LogP contribution in [-0.2, 0) is 9.53 Å². The highest BCUT2D eigenvalue weighted by atomic mass is 35.5. The molecule has 1 fully saturated rings. The van der Waals surface area contributed by atoms with E-state index < -0.39 is 6.04 Å². The Morgan fingerprint density at radius 2 is 1.88 bits per heavy atom. The fraction of sp³-hybridized carbons (Fsp3) is 0.611. The summed E-state index contributed by atoms with van der Waals surface area (Å²) in [4.78, 5) is 16.8. The SMILES string of the molecule is CN(CC(C)(C)CN)C(=O)C(c1ccccc1F)N1CCOCC1.Cl.Cl. The van der Waals surface area contributed by atoms with Gasteiger partial charge < -0.3 is 15.4 Å². The summed E-state index contributed by atoms with van der Waals surface area (Å²) in [7, 11) is 1.76. The molecule has 1 saturated heterocycles. The third-order valence-corrected chi connectivity index (χ3v) is 4.44. The summed E-state index contributed by atoms with van der Waals surface area (Å²) in [5.41, 5.74) is 6.02. The quantitative estimate of drug-likeness (QED) is 0.783. The second-order valence-corrected chi connectivity index (χ2v) is 7.14. The van der Waals surface area contributed by atoms with Crippen molar-refractivity contribution < 1.29 is 13.9 Å². The number of ether oxygens (including phenoxy) is 1. The summed E-state index contributed by atoms with van der Waals surface area (Å²) in [6.07, 6.45) is 0. The topological polar surface area (TPSA) is 58.8 Å². The number of benzene rings is 1. The van der Waals surface area contributed by atoms with E-state index in [1.165, 1.54) is 6.07 Å². The van der Waals surface area contributed by atoms with Gasteiger partial charge in [0.1, 0.15) is 11.9 Å². The molecule has 0 aromatic heterocycles. The van der Waals surface area contributed by atoms with E-state index in [2.05, 4.69) is 0 Å². The molecule has 1 amide bonds. The van der Waals surface area contributed by atoms with E-state index in [0.717, 1.165) is 0 Å². The van der Waals surface area contributed by atoms with Gasteiger partial charge in [-0.1, -0.05) is 32.0 Å². The molecule has 1 aliphatic rings. The molecule has 2 rings (SSSR count). The first-order valence-electron chi connectivity index (χ1n) is 8.37. The van der Waals surface area contributed by atoms with Crippen LogP contribution in [0.2, 0.25) is 0 Å². The van der Waals surface area contributed by atoms with Crippen LogP contribution in [0, 0.1) is 11.2 Å². The van der Waals surface area contributed by atoms with E-state index in [4.69, 9.17) is 10.5 Å². The molecule has 0 radical (unpaired) electrons. The lowest BCUT2D eigenvalue weighted by molar-refractivity contribution is -0.139. The van der Waals surface area contributed by atoms with Crippen LogP contribution >= 0.6 is 24.8 Å². The molecule has 8 heteroatoms. The average molecular weight is 410 g/mol. The molecule has 1 aliphatic heterocycles. The Morgan fingerprint density at radius 1 is 1.31 bits per heavy atom. The van der Waals surface area contributed by atoms with Gasteiger partial charge in [0.2, 0.25) is 5.91 Å². The van der Waals surface area contributed by atoms with Gasteiger partial charge in [0.15, 0.2) is 0 Å². The summed E-state index contributed by atoms with van der Waals surface area (Å²) in [6, 6.07) is 5.87. The van der Waals surface area contributed by atoms with Gasteiger partial charge in [-0.3, -0.25) is 9.69 Å². The molecule has 1 aromatic rings. The lowest BCUT2D eigenvalue weighted by atomic mass is 9.92. The van der Waals surface area contributed by atoms with Crippen LogP contribution in [0.15, 0.2) is 24.3 Å². The lowest BCUT2D eigenvalue weighted by Gasteiger charge is -2.37. The van der Waals surface area contributed by atoms with Crippen LogP contribution < -0.4 is 5.73 Å². The van der Waals surface area contributed by atoms with Gasteiger partial charge in [0.25, 0.3) is 0 Å². The summed E-state index contributed by atoms with van der Waals surface area (Å²) < 4.78 is 19.8. The lowest BCUT2D eigenvalue weighted by Crippen LogP contribution is -2.48. The highest BCUT2D eigenvalue weighted by Gasteiger charge is 2.34. The average Bonchev–Trinajstić information content (AvgIpc) is 2.57. The number of rotatable bonds is 6. The number of hydrogen-bond donors (Lipinski definition) is 1. The Kier molecular flexibility index (Phi) is 10.7. The van der Waals surface area contributed by atoms with E-state index in [0.29, 0.717) is 45.0 Å². The van der Waals surface area contributed by atoms with Crippen molar-refractivity contribution in [2.75, 3.05) is 46.4 Å². The minimum absolute atomic E-state index is 0. The van der Waals surface area contributed by atoms with E-state index in [-0.39, 0.29) is 42.0 Å². The molecule has 1 aromatic carbocycles. The first kappa shape index (κ1) is 25.1. The first-order chi connectivity index (χ1) is 11.4.